The van der Waals surface area contributed by atoms with Crippen LogP contribution in [0.25, 0.3) is 11.0 Å². The highest BCUT2D eigenvalue weighted by molar-refractivity contribution is 5.98. The Kier molecular flexibility index (Phi) is 9.31. The molecule has 1 N–H and O–H groups in total. The number of amides is 2. The zero-order valence-corrected chi connectivity index (χ0v) is 25.0. The number of para-hydroxylation sites is 1. The minimum absolute atomic E-state index is 0.0595. The highest BCUT2D eigenvalue weighted by Crippen LogP contribution is 2.63. The summed E-state index contributed by atoms with van der Waals surface area (Å²) < 4.78 is 14.1. The first-order valence-corrected chi connectivity index (χ1v) is 15.4. The van der Waals surface area contributed by atoms with Crippen LogP contribution >= 0.6 is 0 Å². The highest BCUT2D eigenvalue weighted by atomic mass is 16.6. The lowest BCUT2D eigenvalue weighted by molar-refractivity contribution is -0.160. The molecule has 2 bridgehead atoms. The van der Waals surface area contributed by atoms with E-state index < -0.39 is 35.0 Å². The van der Waals surface area contributed by atoms with Crippen LogP contribution in [0.15, 0.2) is 49.6 Å². The van der Waals surface area contributed by atoms with E-state index in [1.165, 1.54) is 0 Å². The molecule has 0 saturated carbocycles. The lowest BCUT2D eigenvalue weighted by Gasteiger charge is -2.36. The molecule has 3 aliphatic heterocycles. The van der Waals surface area contributed by atoms with Gasteiger partial charge in [-0.2, -0.15) is 0 Å². The Balaban J connectivity index is 1.45. The molecule has 4 heterocycles. The van der Waals surface area contributed by atoms with Gasteiger partial charge in [0.2, 0.25) is 11.8 Å². The van der Waals surface area contributed by atoms with Crippen LogP contribution < -0.4 is 0 Å². The molecule has 0 radical (unpaired) electrons. The zero-order valence-electron chi connectivity index (χ0n) is 25.0. The van der Waals surface area contributed by atoms with Crippen LogP contribution in [0.1, 0.15) is 58.3 Å². The molecule has 1 spiro atoms. The van der Waals surface area contributed by atoms with E-state index in [9.17, 15) is 19.5 Å². The Morgan fingerprint density at radius 1 is 1.16 bits per heavy atom. The number of hydrogen-bond donors (Lipinski definition) is 1. The van der Waals surface area contributed by atoms with Crippen molar-refractivity contribution in [2.75, 3.05) is 26.3 Å². The fourth-order valence-corrected chi connectivity index (χ4v) is 7.26. The molecule has 1 aromatic heterocycles. The van der Waals surface area contributed by atoms with Gasteiger partial charge < -0.3 is 24.4 Å². The van der Waals surface area contributed by atoms with Crippen molar-refractivity contribution in [3.05, 3.63) is 49.6 Å². The predicted molar refractivity (Wildman–Crippen MR) is 159 cm³/mol. The molecular weight excluding hydrogens is 550 g/mol. The predicted octanol–water partition coefficient (Wildman–Crippen LogP) is 3.23. The summed E-state index contributed by atoms with van der Waals surface area (Å²) >= 11 is 0. The van der Waals surface area contributed by atoms with Gasteiger partial charge in [-0.05, 0) is 70.4 Å². The average Bonchev–Trinajstić information content (AvgIpc) is 3.70. The molecule has 43 heavy (non-hydrogen) atoms. The third kappa shape index (κ3) is 5.60. The van der Waals surface area contributed by atoms with Crippen molar-refractivity contribution in [2.24, 2.45) is 11.8 Å². The van der Waals surface area contributed by atoms with Crippen LogP contribution in [-0.4, -0.2) is 91.2 Å². The van der Waals surface area contributed by atoms with Crippen LogP contribution in [0.2, 0.25) is 0 Å². The van der Waals surface area contributed by atoms with Crippen LogP contribution in [0.3, 0.4) is 0 Å². The minimum Gasteiger partial charge on any atom is -0.465 e. The molecule has 2 aromatic rings. The van der Waals surface area contributed by atoms with Gasteiger partial charge in [0.05, 0.1) is 23.6 Å². The van der Waals surface area contributed by atoms with E-state index in [0.717, 1.165) is 18.4 Å². The maximum absolute atomic E-state index is 14.6. The Morgan fingerprint density at radius 3 is 2.74 bits per heavy atom. The van der Waals surface area contributed by atoms with E-state index in [-0.39, 0.29) is 38.2 Å². The van der Waals surface area contributed by atoms with Gasteiger partial charge in [0.1, 0.15) is 29.7 Å². The number of fused-ring (bicyclic) bond motifs is 2. The number of unbranched alkanes of at least 4 members (excludes halogenated alkanes) is 4. The molecule has 3 saturated heterocycles. The number of carbonyl (C=O) groups is 3. The number of aliphatic hydroxyl groups is 1. The number of aliphatic hydroxyl groups excluding tert-OH is 1. The first-order valence-electron chi connectivity index (χ1n) is 15.4. The highest BCUT2D eigenvalue weighted by Gasteiger charge is 2.78. The Bertz CT molecular complexity index is 1360. The SMILES string of the molecule is C=CCCCCOC(=O)[C@@H]1[C@H]2C(=O)N(CCCCCO)C(C(=O)N(CC=C)Cn3nnc4ccccc43)C23CC[C@@]1(C)O3. The van der Waals surface area contributed by atoms with Crippen LogP contribution in [0.4, 0.5) is 0 Å². The number of carbonyl (C=O) groups excluding carboxylic acids is 3. The topological polar surface area (TPSA) is 127 Å². The van der Waals surface area contributed by atoms with Crippen molar-refractivity contribution in [3.63, 3.8) is 0 Å². The van der Waals surface area contributed by atoms with Crippen molar-refractivity contribution in [1.82, 2.24) is 24.8 Å². The van der Waals surface area contributed by atoms with Gasteiger partial charge in [-0.1, -0.05) is 29.5 Å². The normalized spacial score (nSPS) is 27.4. The van der Waals surface area contributed by atoms with Crippen LogP contribution in [0.5, 0.6) is 0 Å². The summed E-state index contributed by atoms with van der Waals surface area (Å²) in [6.07, 6.45) is 8.84. The second-order valence-corrected chi connectivity index (χ2v) is 12.1. The van der Waals surface area contributed by atoms with E-state index in [0.29, 0.717) is 50.6 Å². The number of hydrogen-bond acceptors (Lipinski definition) is 8. The Hall–Kier alpha value is -3.57. The van der Waals surface area contributed by atoms with E-state index >= 15 is 0 Å². The van der Waals surface area contributed by atoms with Crippen LogP contribution in [-0.2, 0) is 30.5 Å². The van der Waals surface area contributed by atoms with Gasteiger partial charge in [0.15, 0.2) is 0 Å². The Labute approximate surface area is 252 Å². The van der Waals surface area contributed by atoms with Gasteiger partial charge in [-0.25, -0.2) is 4.68 Å². The smallest absolute Gasteiger partial charge is 0.312 e. The van der Waals surface area contributed by atoms with Gasteiger partial charge in [0, 0.05) is 19.7 Å². The third-order valence-electron chi connectivity index (χ3n) is 9.25. The number of likely N-dealkylation sites (tertiary alicyclic amines) is 1. The fourth-order valence-electron chi connectivity index (χ4n) is 7.26. The molecule has 0 aliphatic carbocycles. The van der Waals surface area contributed by atoms with E-state index in [1.807, 2.05) is 37.3 Å². The molecule has 3 fully saturated rings. The second kappa shape index (κ2) is 13.0. The first kappa shape index (κ1) is 30.9. The standard InChI is InChI=1S/C32H43N5O6/c1-4-6-7-13-21-42-30(41)26-25-28(39)36(19-11-8-12-20-38)27(32(25)17-16-31(26,3)43-32)29(40)35(18-5-2)22-37-24-15-10-9-14-23(24)33-34-37/h4-5,9-10,14-15,25-27,38H,1-2,6-8,11-13,16-22H2,3H3/t25-,26-,27?,31+,32?/m0/s1. The molecule has 1 aromatic carbocycles. The number of rotatable bonds is 16. The minimum atomic E-state index is -1.14. The largest absolute Gasteiger partial charge is 0.465 e. The molecule has 11 heteroatoms. The van der Waals surface area contributed by atoms with Crippen molar-refractivity contribution < 1.29 is 29.0 Å². The fraction of sp³-hybridized carbons (Fsp3) is 0.594. The van der Waals surface area contributed by atoms with Gasteiger partial charge >= 0.3 is 5.97 Å². The summed E-state index contributed by atoms with van der Waals surface area (Å²) in [6.45, 7) is 10.5. The summed E-state index contributed by atoms with van der Waals surface area (Å²) in [7, 11) is 0. The molecule has 2 amide bonds. The lowest BCUT2D eigenvalue weighted by Crippen LogP contribution is -2.56. The number of nitrogens with zero attached hydrogens (tertiary/aromatic N) is 5. The van der Waals surface area contributed by atoms with Gasteiger partial charge in [-0.3, -0.25) is 14.4 Å². The van der Waals surface area contributed by atoms with E-state index in [4.69, 9.17) is 9.47 Å². The lowest BCUT2D eigenvalue weighted by atomic mass is 9.66. The molecule has 5 atom stereocenters. The van der Waals surface area contributed by atoms with Gasteiger partial charge in [-0.15, -0.1) is 18.3 Å². The van der Waals surface area contributed by atoms with E-state index in [2.05, 4.69) is 23.5 Å². The molecule has 5 rings (SSSR count). The quantitative estimate of drug-likeness (QED) is 0.179. The molecule has 2 unspecified atom stereocenters. The van der Waals surface area contributed by atoms with Crippen LogP contribution in [0, 0.1) is 11.8 Å². The molecule has 3 aliphatic rings. The van der Waals surface area contributed by atoms with Gasteiger partial charge in [0.25, 0.3) is 0 Å². The summed E-state index contributed by atoms with van der Waals surface area (Å²) in [6, 6.07) is 6.60. The maximum Gasteiger partial charge on any atom is 0.312 e. The van der Waals surface area contributed by atoms with Crippen molar-refractivity contribution in [2.45, 2.75) is 82.2 Å². The number of ether oxygens (including phenoxy) is 2. The summed E-state index contributed by atoms with van der Waals surface area (Å²) in [5.74, 6) is -2.56. The maximum atomic E-state index is 14.6. The second-order valence-electron chi connectivity index (χ2n) is 12.1. The number of allylic oxidation sites excluding steroid dienone is 1. The van der Waals surface area contributed by atoms with Crippen molar-refractivity contribution in [1.29, 1.82) is 0 Å². The van der Waals surface area contributed by atoms with Crippen molar-refractivity contribution >= 4 is 28.8 Å². The summed E-state index contributed by atoms with van der Waals surface area (Å²) in [5.41, 5.74) is -0.544. The summed E-state index contributed by atoms with van der Waals surface area (Å²) in [5, 5.41) is 17.8. The Morgan fingerprint density at radius 2 is 1.98 bits per heavy atom. The molecule has 11 nitrogen and oxygen atoms in total. The number of aromatic nitrogens is 3. The molecule has 232 valence electrons. The summed E-state index contributed by atoms with van der Waals surface area (Å²) in [4.78, 5) is 45.7. The monoisotopic (exact) mass is 593 g/mol. The number of benzene rings is 1. The first-order chi connectivity index (χ1) is 20.8. The zero-order chi connectivity index (χ0) is 30.6. The average molecular weight is 594 g/mol. The molecular formula is C32H43N5O6. The number of esters is 1. The third-order valence-corrected chi connectivity index (χ3v) is 9.25. The van der Waals surface area contributed by atoms with Crippen molar-refractivity contribution in [3.8, 4) is 0 Å². The van der Waals surface area contributed by atoms with E-state index in [1.54, 1.807) is 20.6 Å².